The Morgan fingerprint density at radius 3 is 2.76 bits per heavy atom. The molecule has 3 nitrogen and oxygen atoms in total. The van der Waals surface area contributed by atoms with Gasteiger partial charge in [-0.2, -0.15) is 4.39 Å². The van der Waals surface area contributed by atoms with Gasteiger partial charge in [0.1, 0.15) is 5.82 Å². The Bertz CT molecular complexity index is 414. The lowest BCUT2D eigenvalue weighted by molar-refractivity contribution is -0.125. The van der Waals surface area contributed by atoms with Gasteiger partial charge < -0.3 is 5.32 Å². The van der Waals surface area contributed by atoms with Gasteiger partial charge in [0.2, 0.25) is 11.9 Å². The predicted octanol–water partition coefficient (Wildman–Crippen LogP) is 3.13. The number of pyridine rings is 1. The van der Waals surface area contributed by atoms with Crippen molar-refractivity contribution in [2.75, 3.05) is 5.32 Å². The van der Waals surface area contributed by atoms with Crippen molar-refractivity contribution in [2.45, 2.75) is 39.0 Å². The molecular formula is C13H17FN2O. The number of hydrogen-bond donors (Lipinski definition) is 1. The second-order valence-corrected chi connectivity index (χ2v) is 4.64. The Hall–Kier alpha value is -1.45. The molecule has 0 aliphatic heterocycles. The lowest BCUT2D eigenvalue weighted by Crippen LogP contribution is -2.33. The number of anilines is 1. The molecule has 2 rings (SSSR count). The first-order valence-corrected chi connectivity index (χ1v) is 6.10. The molecule has 0 radical (unpaired) electrons. The first-order chi connectivity index (χ1) is 8.16. The molecule has 0 spiro atoms. The van der Waals surface area contributed by atoms with Crippen LogP contribution in [0.25, 0.3) is 0 Å². The quantitative estimate of drug-likeness (QED) is 0.819. The van der Waals surface area contributed by atoms with E-state index in [-0.39, 0.29) is 11.3 Å². The maximum atomic E-state index is 12.9. The molecule has 0 unspecified atom stereocenters. The molecule has 0 atom stereocenters. The van der Waals surface area contributed by atoms with E-state index in [0.29, 0.717) is 5.82 Å². The number of aromatic nitrogens is 1. The summed E-state index contributed by atoms with van der Waals surface area (Å²) < 4.78 is 12.9. The monoisotopic (exact) mass is 236 g/mol. The van der Waals surface area contributed by atoms with Crippen molar-refractivity contribution >= 4 is 11.7 Å². The van der Waals surface area contributed by atoms with Crippen LogP contribution in [0, 0.1) is 11.4 Å². The van der Waals surface area contributed by atoms with E-state index < -0.39 is 5.95 Å². The zero-order valence-corrected chi connectivity index (χ0v) is 10.0. The molecule has 1 fully saturated rings. The summed E-state index contributed by atoms with van der Waals surface area (Å²) in [6, 6.07) is 4.42. The van der Waals surface area contributed by atoms with Gasteiger partial charge in [-0.25, -0.2) is 4.98 Å². The first-order valence-electron chi connectivity index (χ1n) is 6.10. The number of carbonyl (C=O) groups excluding carboxylic acids is 1. The molecule has 1 aliphatic rings. The Labute approximate surface area is 100 Å². The molecule has 1 aromatic heterocycles. The fourth-order valence-electron chi connectivity index (χ4n) is 2.52. The number of halogens is 1. The second kappa shape index (κ2) is 4.82. The molecule has 92 valence electrons. The van der Waals surface area contributed by atoms with Crippen molar-refractivity contribution < 1.29 is 9.18 Å². The second-order valence-electron chi connectivity index (χ2n) is 4.64. The van der Waals surface area contributed by atoms with Crippen LogP contribution in [-0.2, 0) is 4.79 Å². The molecule has 1 heterocycles. The Kier molecular flexibility index (Phi) is 3.41. The van der Waals surface area contributed by atoms with Crippen LogP contribution in [-0.4, -0.2) is 10.9 Å². The Morgan fingerprint density at radius 1 is 1.47 bits per heavy atom. The van der Waals surface area contributed by atoms with Crippen molar-refractivity contribution in [3.8, 4) is 0 Å². The first kappa shape index (κ1) is 12.0. The highest BCUT2D eigenvalue weighted by atomic mass is 19.1. The summed E-state index contributed by atoms with van der Waals surface area (Å²) in [5, 5.41) is 2.73. The number of amides is 1. The smallest absolute Gasteiger partial charge is 0.231 e. The van der Waals surface area contributed by atoms with Crippen molar-refractivity contribution in [1.82, 2.24) is 4.98 Å². The lowest BCUT2D eigenvalue weighted by atomic mass is 9.82. The van der Waals surface area contributed by atoms with Gasteiger partial charge in [-0.05, 0) is 31.4 Å². The van der Waals surface area contributed by atoms with Crippen LogP contribution in [0.4, 0.5) is 10.2 Å². The van der Waals surface area contributed by atoms with Crippen molar-refractivity contribution in [3.63, 3.8) is 0 Å². The van der Waals surface area contributed by atoms with Crippen LogP contribution in [0.5, 0.6) is 0 Å². The number of rotatable bonds is 3. The standard InChI is InChI=1S/C13H17FN2O/c1-2-13(8-3-4-9-13)12(17)16-11-7-5-6-10(14)15-11/h5-7H,2-4,8-9H2,1H3,(H,15,16,17). The molecular weight excluding hydrogens is 219 g/mol. The van der Waals surface area contributed by atoms with Crippen LogP contribution in [0.1, 0.15) is 39.0 Å². The van der Waals surface area contributed by atoms with Crippen molar-refractivity contribution in [3.05, 3.63) is 24.1 Å². The summed E-state index contributed by atoms with van der Waals surface area (Å²) in [4.78, 5) is 15.9. The van der Waals surface area contributed by atoms with Gasteiger partial charge in [-0.15, -0.1) is 0 Å². The summed E-state index contributed by atoms with van der Waals surface area (Å²) in [6.07, 6.45) is 4.86. The van der Waals surface area contributed by atoms with Gasteiger partial charge in [0.15, 0.2) is 0 Å². The van der Waals surface area contributed by atoms with Crippen LogP contribution in [0.15, 0.2) is 18.2 Å². The van der Waals surface area contributed by atoms with Crippen LogP contribution < -0.4 is 5.32 Å². The van der Waals surface area contributed by atoms with E-state index in [2.05, 4.69) is 10.3 Å². The van der Waals surface area contributed by atoms with Crippen molar-refractivity contribution in [1.29, 1.82) is 0 Å². The molecule has 4 heteroatoms. The number of nitrogens with zero attached hydrogens (tertiary/aromatic N) is 1. The highest BCUT2D eigenvalue weighted by Crippen LogP contribution is 2.41. The molecule has 17 heavy (non-hydrogen) atoms. The van der Waals surface area contributed by atoms with E-state index in [1.165, 1.54) is 6.07 Å². The highest BCUT2D eigenvalue weighted by Gasteiger charge is 2.39. The largest absolute Gasteiger partial charge is 0.310 e. The van der Waals surface area contributed by atoms with Gasteiger partial charge in [0.25, 0.3) is 0 Å². The molecule has 0 aromatic carbocycles. The average molecular weight is 236 g/mol. The summed E-state index contributed by atoms with van der Waals surface area (Å²) >= 11 is 0. The minimum absolute atomic E-state index is 0.0180. The number of hydrogen-bond acceptors (Lipinski definition) is 2. The molecule has 1 aromatic rings. The average Bonchev–Trinajstić information content (AvgIpc) is 2.78. The minimum Gasteiger partial charge on any atom is -0.310 e. The van der Waals surface area contributed by atoms with Gasteiger partial charge in [-0.3, -0.25) is 4.79 Å². The van der Waals surface area contributed by atoms with Gasteiger partial charge in [0.05, 0.1) is 0 Å². The minimum atomic E-state index is -0.570. The predicted molar refractivity (Wildman–Crippen MR) is 64.0 cm³/mol. The lowest BCUT2D eigenvalue weighted by Gasteiger charge is -2.25. The fourth-order valence-corrected chi connectivity index (χ4v) is 2.52. The summed E-state index contributed by atoms with van der Waals surface area (Å²) in [5.74, 6) is -0.287. The highest BCUT2D eigenvalue weighted by molar-refractivity contribution is 5.94. The Balaban J connectivity index is 2.10. The van der Waals surface area contributed by atoms with Gasteiger partial charge in [0, 0.05) is 5.41 Å². The van der Waals surface area contributed by atoms with Crippen LogP contribution >= 0.6 is 0 Å². The third-order valence-corrected chi connectivity index (χ3v) is 3.68. The SMILES string of the molecule is CCC1(C(=O)Nc2cccc(F)n2)CCCC1. The zero-order valence-electron chi connectivity index (χ0n) is 10.0. The Morgan fingerprint density at radius 2 is 2.18 bits per heavy atom. The zero-order chi connectivity index (χ0) is 12.3. The van der Waals surface area contributed by atoms with Crippen LogP contribution in [0.3, 0.4) is 0 Å². The molecule has 1 aliphatic carbocycles. The third kappa shape index (κ3) is 2.46. The van der Waals surface area contributed by atoms with Gasteiger partial charge >= 0.3 is 0 Å². The fraction of sp³-hybridized carbons (Fsp3) is 0.538. The summed E-state index contributed by atoms with van der Waals surface area (Å²) in [7, 11) is 0. The molecule has 0 bridgehead atoms. The maximum Gasteiger partial charge on any atom is 0.231 e. The third-order valence-electron chi connectivity index (χ3n) is 3.68. The summed E-state index contributed by atoms with van der Waals surface area (Å²) in [6.45, 7) is 2.03. The van der Waals surface area contributed by atoms with E-state index in [1.807, 2.05) is 6.92 Å². The van der Waals surface area contributed by atoms with E-state index in [9.17, 15) is 9.18 Å². The number of nitrogens with one attached hydrogen (secondary N) is 1. The maximum absolute atomic E-state index is 12.9. The summed E-state index contributed by atoms with van der Waals surface area (Å²) in [5.41, 5.74) is -0.270. The van der Waals surface area contributed by atoms with Crippen molar-refractivity contribution in [2.24, 2.45) is 5.41 Å². The normalized spacial score (nSPS) is 18.0. The van der Waals surface area contributed by atoms with E-state index in [1.54, 1.807) is 12.1 Å². The topological polar surface area (TPSA) is 42.0 Å². The van der Waals surface area contributed by atoms with E-state index >= 15 is 0 Å². The molecule has 0 saturated heterocycles. The van der Waals surface area contributed by atoms with Gasteiger partial charge in [-0.1, -0.05) is 25.8 Å². The molecule has 1 amide bonds. The van der Waals surface area contributed by atoms with Crippen LogP contribution in [0.2, 0.25) is 0 Å². The molecule has 1 N–H and O–H groups in total. The van der Waals surface area contributed by atoms with E-state index in [0.717, 1.165) is 32.1 Å². The number of carbonyl (C=O) groups is 1. The van der Waals surface area contributed by atoms with E-state index in [4.69, 9.17) is 0 Å². The molecule has 1 saturated carbocycles.